The van der Waals surface area contributed by atoms with Gasteiger partial charge in [-0.05, 0) is 49.8 Å². The lowest BCUT2D eigenvalue weighted by molar-refractivity contribution is -0.0436. The topological polar surface area (TPSA) is 46.2 Å². The first-order valence-corrected chi connectivity index (χ1v) is 8.90. The Bertz CT molecular complexity index is 591. The number of benzene rings is 1. The first-order valence-electron chi connectivity index (χ1n) is 6.43. The average molecular weight is 339 g/mol. The van der Waals surface area contributed by atoms with E-state index in [1.54, 1.807) is 0 Å². The van der Waals surface area contributed by atoms with Crippen LogP contribution in [0.2, 0.25) is 0 Å². The van der Waals surface area contributed by atoms with Crippen molar-refractivity contribution in [2.75, 3.05) is 17.6 Å². The zero-order valence-electron chi connectivity index (χ0n) is 11.4. The molecule has 8 heteroatoms. The van der Waals surface area contributed by atoms with Crippen LogP contribution >= 0.6 is 11.8 Å². The summed E-state index contributed by atoms with van der Waals surface area (Å²) < 4.78 is 59.8. The predicted molar refractivity (Wildman–Crippen MR) is 78.3 cm³/mol. The summed E-state index contributed by atoms with van der Waals surface area (Å²) in [4.78, 5) is -0.734. The van der Waals surface area contributed by atoms with Crippen molar-refractivity contribution < 1.29 is 21.6 Å². The van der Waals surface area contributed by atoms with Gasteiger partial charge in [0, 0.05) is 17.0 Å². The average Bonchev–Trinajstić information content (AvgIpc) is 2.83. The van der Waals surface area contributed by atoms with Crippen LogP contribution in [-0.4, -0.2) is 31.0 Å². The van der Waals surface area contributed by atoms with E-state index >= 15 is 0 Å². The molecule has 21 heavy (non-hydrogen) atoms. The molecule has 1 N–H and O–H groups in total. The second kappa shape index (κ2) is 5.72. The molecule has 1 aliphatic heterocycles. The number of anilines is 1. The molecule has 1 aromatic carbocycles. The Hall–Kier alpha value is -0.890. The monoisotopic (exact) mass is 339 g/mol. The molecule has 1 heterocycles. The molecule has 0 saturated carbocycles. The summed E-state index contributed by atoms with van der Waals surface area (Å²) in [6.45, 7) is 2.84. The molecule has 0 aliphatic carbocycles. The van der Waals surface area contributed by atoms with Gasteiger partial charge in [0.25, 0.3) is 9.84 Å². The maximum Gasteiger partial charge on any atom is 0.501 e. The molecule has 0 aromatic heterocycles. The standard InChI is InChI=1S/C13H16F3NO2S2/c1-12(7-2-8-20-12)9-17-10-3-5-11(6-4-10)21(18,19)13(14,15)16/h3-6,17H,2,7-9H2,1H3. The number of nitrogens with one attached hydrogen (secondary N) is 1. The third-order valence-corrected chi connectivity index (χ3v) is 6.48. The highest BCUT2D eigenvalue weighted by Gasteiger charge is 2.46. The second-order valence-electron chi connectivity index (χ2n) is 5.23. The second-order valence-corrected chi connectivity index (χ2v) is 8.85. The van der Waals surface area contributed by atoms with Crippen LogP contribution in [0.15, 0.2) is 29.2 Å². The van der Waals surface area contributed by atoms with E-state index in [2.05, 4.69) is 12.2 Å². The molecular formula is C13H16F3NO2S2. The van der Waals surface area contributed by atoms with Gasteiger partial charge < -0.3 is 5.32 Å². The fourth-order valence-electron chi connectivity index (χ4n) is 2.15. The van der Waals surface area contributed by atoms with Crippen LogP contribution < -0.4 is 5.32 Å². The Morgan fingerprint density at radius 2 is 1.90 bits per heavy atom. The van der Waals surface area contributed by atoms with Crippen molar-refractivity contribution in [3.8, 4) is 0 Å². The highest BCUT2D eigenvalue weighted by Crippen LogP contribution is 2.37. The van der Waals surface area contributed by atoms with Crippen molar-refractivity contribution in [2.24, 2.45) is 0 Å². The van der Waals surface area contributed by atoms with E-state index in [4.69, 9.17) is 0 Å². The first-order chi connectivity index (χ1) is 9.64. The van der Waals surface area contributed by atoms with Gasteiger partial charge >= 0.3 is 5.51 Å². The van der Waals surface area contributed by atoms with Crippen LogP contribution in [0.5, 0.6) is 0 Å². The maximum atomic E-state index is 12.4. The molecule has 2 rings (SSSR count). The fraction of sp³-hybridized carbons (Fsp3) is 0.538. The molecule has 1 aromatic rings. The van der Waals surface area contributed by atoms with Gasteiger partial charge in [0.2, 0.25) is 0 Å². The largest absolute Gasteiger partial charge is 0.501 e. The molecule has 0 radical (unpaired) electrons. The van der Waals surface area contributed by atoms with E-state index in [1.165, 1.54) is 12.1 Å². The lowest BCUT2D eigenvalue weighted by Gasteiger charge is -2.23. The van der Waals surface area contributed by atoms with Crippen LogP contribution in [0.1, 0.15) is 19.8 Å². The molecule has 0 amide bonds. The van der Waals surface area contributed by atoms with E-state index in [0.717, 1.165) is 30.7 Å². The number of halogens is 3. The maximum absolute atomic E-state index is 12.4. The molecule has 1 fully saturated rings. The molecule has 1 unspecified atom stereocenters. The van der Waals surface area contributed by atoms with Gasteiger partial charge in [-0.3, -0.25) is 0 Å². The summed E-state index contributed by atoms with van der Waals surface area (Å²) in [5.74, 6) is 1.11. The third-order valence-electron chi connectivity index (χ3n) is 3.44. The predicted octanol–water partition coefficient (Wildman–Crippen LogP) is 3.68. The lowest BCUT2D eigenvalue weighted by Crippen LogP contribution is -2.27. The number of sulfone groups is 1. The van der Waals surface area contributed by atoms with Crippen LogP contribution in [0.4, 0.5) is 18.9 Å². The minimum Gasteiger partial charge on any atom is -0.384 e. The van der Waals surface area contributed by atoms with Gasteiger partial charge in [-0.2, -0.15) is 24.9 Å². The smallest absolute Gasteiger partial charge is 0.384 e. The van der Waals surface area contributed by atoms with Gasteiger partial charge in [-0.25, -0.2) is 8.42 Å². The number of alkyl halides is 3. The normalized spacial score (nSPS) is 23.2. The highest BCUT2D eigenvalue weighted by molar-refractivity contribution is 8.00. The van der Waals surface area contributed by atoms with Gasteiger partial charge in [0.15, 0.2) is 0 Å². The fourth-order valence-corrected chi connectivity index (χ4v) is 4.16. The SMILES string of the molecule is CC1(CNc2ccc(S(=O)(=O)C(F)(F)F)cc2)CCCS1. The summed E-state index contributed by atoms with van der Waals surface area (Å²) in [6.07, 6.45) is 2.25. The Kier molecular flexibility index (Phi) is 4.49. The molecule has 1 aliphatic rings. The van der Waals surface area contributed by atoms with Crippen molar-refractivity contribution >= 4 is 27.3 Å². The molecule has 0 bridgehead atoms. The Balaban J connectivity index is 2.06. The van der Waals surface area contributed by atoms with Crippen molar-refractivity contribution in [3.63, 3.8) is 0 Å². The Morgan fingerprint density at radius 1 is 1.29 bits per heavy atom. The summed E-state index contributed by atoms with van der Waals surface area (Å²) in [6, 6.07) is 4.69. The van der Waals surface area contributed by atoms with Gasteiger partial charge in [-0.1, -0.05) is 0 Å². The number of hydrogen-bond acceptors (Lipinski definition) is 4. The lowest BCUT2D eigenvalue weighted by atomic mass is 10.1. The minimum atomic E-state index is -5.27. The van der Waals surface area contributed by atoms with Crippen LogP contribution in [0, 0.1) is 0 Å². The molecule has 3 nitrogen and oxygen atoms in total. The molecule has 118 valence electrons. The quantitative estimate of drug-likeness (QED) is 0.909. The number of rotatable bonds is 4. The van der Waals surface area contributed by atoms with Gasteiger partial charge in [0.1, 0.15) is 0 Å². The summed E-state index contributed by atoms with van der Waals surface area (Å²) in [5.41, 5.74) is -4.65. The van der Waals surface area contributed by atoms with Crippen LogP contribution in [-0.2, 0) is 9.84 Å². The van der Waals surface area contributed by atoms with E-state index in [1.807, 2.05) is 11.8 Å². The molecular weight excluding hydrogens is 323 g/mol. The van der Waals surface area contributed by atoms with Crippen molar-refractivity contribution in [1.29, 1.82) is 0 Å². The Labute approximate surface area is 126 Å². The van der Waals surface area contributed by atoms with Crippen molar-refractivity contribution in [3.05, 3.63) is 24.3 Å². The number of thioether (sulfide) groups is 1. The number of hydrogen-bond donors (Lipinski definition) is 1. The highest BCUT2D eigenvalue weighted by atomic mass is 32.2. The molecule has 1 atom stereocenters. The van der Waals surface area contributed by atoms with Gasteiger partial charge in [-0.15, -0.1) is 0 Å². The first kappa shape index (κ1) is 16.5. The van der Waals surface area contributed by atoms with E-state index in [-0.39, 0.29) is 4.75 Å². The minimum absolute atomic E-state index is 0.122. The zero-order valence-corrected chi connectivity index (χ0v) is 13.0. The third kappa shape index (κ3) is 3.66. The van der Waals surface area contributed by atoms with E-state index in [9.17, 15) is 21.6 Å². The van der Waals surface area contributed by atoms with E-state index in [0.29, 0.717) is 12.2 Å². The Morgan fingerprint density at radius 3 is 2.38 bits per heavy atom. The van der Waals surface area contributed by atoms with Crippen molar-refractivity contribution in [2.45, 2.75) is 34.9 Å². The zero-order chi connectivity index (χ0) is 15.7. The van der Waals surface area contributed by atoms with Gasteiger partial charge in [0.05, 0.1) is 4.90 Å². The molecule has 1 saturated heterocycles. The van der Waals surface area contributed by atoms with E-state index < -0.39 is 20.2 Å². The van der Waals surface area contributed by atoms with Crippen LogP contribution in [0.25, 0.3) is 0 Å². The molecule has 0 spiro atoms. The van der Waals surface area contributed by atoms with Crippen LogP contribution in [0.3, 0.4) is 0 Å². The van der Waals surface area contributed by atoms with Crippen molar-refractivity contribution in [1.82, 2.24) is 0 Å². The summed E-state index contributed by atoms with van der Waals surface area (Å²) in [7, 11) is -5.27. The summed E-state index contributed by atoms with van der Waals surface area (Å²) in [5, 5.41) is 3.15. The summed E-state index contributed by atoms with van der Waals surface area (Å²) >= 11 is 1.87.